The van der Waals surface area contributed by atoms with Gasteiger partial charge < -0.3 is 10.1 Å². The average molecular weight is 298 g/mol. The van der Waals surface area contributed by atoms with Crippen LogP contribution in [0.1, 0.15) is 23.9 Å². The van der Waals surface area contributed by atoms with Crippen molar-refractivity contribution in [1.29, 1.82) is 0 Å². The van der Waals surface area contributed by atoms with Gasteiger partial charge in [0.1, 0.15) is 0 Å². The maximum absolute atomic E-state index is 12.1. The fourth-order valence-corrected chi connectivity index (χ4v) is 2.97. The maximum Gasteiger partial charge on any atom is 0.242 e. The molecule has 0 saturated heterocycles. The molecule has 0 aliphatic rings. The number of aryl methyl sites for hydroxylation is 2. The molecular weight excluding hydrogens is 280 g/mol. The second-order valence-corrected chi connectivity index (χ2v) is 6.24. The van der Waals surface area contributed by atoms with E-state index < -0.39 is 10.0 Å². The molecule has 2 heterocycles. The SMILES string of the molecule is CCc1nn(C)cc1CNS(=O)(=O)c1c[nH]c(CO)c1. The molecule has 2 rings (SSSR count). The lowest BCUT2D eigenvalue weighted by Gasteiger charge is -2.04. The van der Waals surface area contributed by atoms with Gasteiger partial charge >= 0.3 is 0 Å². The smallest absolute Gasteiger partial charge is 0.242 e. The first-order valence-corrected chi connectivity index (χ1v) is 7.73. The zero-order chi connectivity index (χ0) is 14.8. The summed E-state index contributed by atoms with van der Waals surface area (Å²) < 4.78 is 28.4. The summed E-state index contributed by atoms with van der Waals surface area (Å²) in [7, 11) is -1.79. The Morgan fingerprint density at radius 3 is 2.85 bits per heavy atom. The van der Waals surface area contributed by atoms with Crippen LogP contribution in [-0.4, -0.2) is 28.3 Å². The first-order valence-electron chi connectivity index (χ1n) is 6.25. The Bertz CT molecular complexity index is 687. The van der Waals surface area contributed by atoms with E-state index in [1.54, 1.807) is 17.9 Å². The molecule has 20 heavy (non-hydrogen) atoms. The Labute approximate surface area is 117 Å². The maximum atomic E-state index is 12.1. The molecule has 3 N–H and O–H groups in total. The highest BCUT2D eigenvalue weighted by Crippen LogP contribution is 2.13. The summed E-state index contributed by atoms with van der Waals surface area (Å²) in [6, 6.07) is 1.41. The van der Waals surface area contributed by atoms with Gasteiger partial charge in [-0.05, 0) is 12.5 Å². The summed E-state index contributed by atoms with van der Waals surface area (Å²) in [6.45, 7) is 1.94. The van der Waals surface area contributed by atoms with Crippen molar-refractivity contribution in [2.45, 2.75) is 31.4 Å². The van der Waals surface area contributed by atoms with E-state index in [4.69, 9.17) is 5.11 Å². The summed E-state index contributed by atoms with van der Waals surface area (Å²) in [6.07, 6.45) is 3.91. The van der Waals surface area contributed by atoms with E-state index in [9.17, 15) is 8.42 Å². The van der Waals surface area contributed by atoms with Crippen molar-refractivity contribution in [1.82, 2.24) is 19.5 Å². The van der Waals surface area contributed by atoms with Crippen LogP contribution in [0.3, 0.4) is 0 Å². The number of nitrogens with zero attached hydrogens (tertiary/aromatic N) is 2. The molecule has 7 nitrogen and oxygen atoms in total. The van der Waals surface area contributed by atoms with Gasteiger partial charge in [0.25, 0.3) is 0 Å². The highest BCUT2D eigenvalue weighted by molar-refractivity contribution is 7.89. The fraction of sp³-hybridized carbons (Fsp3) is 0.417. The number of rotatable bonds is 6. The van der Waals surface area contributed by atoms with Gasteiger partial charge in [0.15, 0.2) is 0 Å². The predicted octanol–water partition coefficient (Wildman–Crippen LogP) is 0.281. The molecule has 0 atom stereocenters. The predicted molar refractivity (Wildman–Crippen MR) is 73.3 cm³/mol. The van der Waals surface area contributed by atoms with E-state index >= 15 is 0 Å². The molecule has 0 unspecified atom stereocenters. The van der Waals surface area contributed by atoms with Crippen molar-refractivity contribution in [3.05, 3.63) is 35.4 Å². The minimum atomic E-state index is -3.59. The van der Waals surface area contributed by atoms with Crippen LogP contribution >= 0.6 is 0 Å². The van der Waals surface area contributed by atoms with Gasteiger partial charge in [-0.25, -0.2) is 13.1 Å². The van der Waals surface area contributed by atoms with Gasteiger partial charge in [-0.1, -0.05) is 6.92 Å². The lowest BCUT2D eigenvalue weighted by atomic mass is 10.2. The molecule has 0 aliphatic carbocycles. The number of hydrogen-bond acceptors (Lipinski definition) is 4. The van der Waals surface area contributed by atoms with E-state index in [0.29, 0.717) is 5.69 Å². The van der Waals surface area contributed by atoms with Gasteiger partial charge in [0.2, 0.25) is 10.0 Å². The highest BCUT2D eigenvalue weighted by Gasteiger charge is 2.17. The van der Waals surface area contributed by atoms with Gasteiger partial charge in [-0.3, -0.25) is 4.68 Å². The van der Waals surface area contributed by atoms with E-state index in [0.717, 1.165) is 17.7 Å². The Morgan fingerprint density at radius 2 is 2.25 bits per heavy atom. The number of aliphatic hydroxyl groups excluding tert-OH is 1. The molecule has 2 aromatic heterocycles. The minimum absolute atomic E-state index is 0.114. The third-order valence-corrected chi connectivity index (χ3v) is 4.36. The summed E-state index contributed by atoms with van der Waals surface area (Å²) in [4.78, 5) is 2.82. The lowest BCUT2D eigenvalue weighted by Crippen LogP contribution is -2.23. The second-order valence-electron chi connectivity index (χ2n) is 4.47. The van der Waals surface area contributed by atoms with E-state index in [-0.39, 0.29) is 18.0 Å². The number of sulfonamides is 1. The Balaban J connectivity index is 2.12. The van der Waals surface area contributed by atoms with Crippen LogP contribution in [0, 0.1) is 0 Å². The zero-order valence-electron chi connectivity index (χ0n) is 11.4. The van der Waals surface area contributed by atoms with Crippen molar-refractivity contribution in [3.8, 4) is 0 Å². The van der Waals surface area contributed by atoms with E-state index in [1.165, 1.54) is 12.3 Å². The molecular formula is C12H18N4O3S. The Morgan fingerprint density at radius 1 is 1.50 bits per heavy atom. The number of aromatic amines is 1. The van der Waals surface area contributed by atoms with Crippen LogP contribution in [0.5, 0.6) is 0 Å². The molecule has 0 aliphatic heterocycles. The Kier molecular flexibility index (Phi) is 4.26. The molecule has 0 radical (unpaired) electrons. The normalized spacial score (nSPS) is 11.9. The molecule has 2 aromatic rings. The molecule has 0 aromatic carbocycles. The molecule has 0 fully saturated rings. The molecule has 0 amide bonds. The van der Waals surface area contributed by atoms with Crippen LogP contribution in [-0.2, 0) is 36.6 Å². The van der Waals surface area contributed by atoms with Crippen molar-refractivity contribution in [2.24, 2.45) is 7.05 Å². The van der Waals surface area contributed by atoms with Gasteiger partial charge in [0, 0.05) is 37.2 Å². The number of hydrogen-bond donors (Lipinski definition) is 3. The van der Waals surface area contributed by atoms with E-state index in [1.807, 2.05) is 6.92 Å². The summed E-state index contributed by atoms with van der Waals surface area (Å²) in [5.74, 6) is 0. The minimum Gasteiger partial charge on any atom is -0.390 e. The number of aromatic nitrogens is 3. The molecule has 0 bridgehead atoms. The van der Waals surface area contributed by atoms with Gasteiger partial charge in [0.05, 0.1) is 17.2 Å². The van der Waals surface area contributed by atoms with Crippen molar-refractivity contribution >= 4 is 10.0 Å². The zero-order valence-corrected chi connectivity index (χ0v) is 12.2. The topological polar surface area (TPSA) is 100 Å². The summed E-state index contributed by atoms with van der Waals surface area (Å²) in [5, 5.41) is 13.2. The second kappa shape index (κ2) is 5.78. The number of aliphatic hydroxyl groups is 1. The molecule has 0 spiro atoms. The van der Waals surface area contributed by atoms with Gasteiger partial charge in [-0.2, -0.15) is 5.10 Å². The lowest BCUT2D eigenvalue weighted by molar-refractivity contribution is 0.277. The number of nitrogens with one attached hydrogen (secondary N) is 2. The molecule has 0 saturated carbocycles. The summed E-state index contributed by atoms with van der Waals surface area (Å²) in [5.41, 5.74) is 2.19. The average Bonchev–Trinajstić information content (AvgIpc) is 3.02. The van der Waals surface area contributed by atoms with Gasteiger partial charge in [-0.15, -0.1) is 0 Å². The summed E-state index contributed by atoms with van der Waals surface area (Å²) >= 11 is 0. The Hall–Kier alpha value is -1.64. The van der Waals surface area contributed by atoms with Crippen molar-refractivity contribution < 1.29 is 13.5 Å². The first kappa shape index (κ1) is 14.8. The largest absolute Gasteiger partial charge is 0.390 e. The van der Waals surface area contributed by atoms with Crippen LogP contribution < -0.4 is 4.72 Å². The van der Waals surface area contributed by atoms with Crippen LogP contribution in [0.4, 0.5) is 0 Å². The van der Waals surface area contributed by atoms with Crippen molar-refractivity contribution in [3.63, 3.8) is 0 Å². The van der Waals surface area contributed by atoms with Crippen LogP contribution in [0.15, 0.2) is 23.4 Å². The quantitative estimate of drug-likeness (QED) is 0.713. The monoisotopic (exact) mass is 298 g/mol. The standard InChI is InChI=1S/C12H18N4O3S/c1-3-12-9(7-16(2)15-12)5-14-20(18,19)11-4-10(8-17)13-6-11/h4,6-7,13-14,17H,3,5,8H2,1-2H3. The van der Waals surface area contributed by atoms with Crippen molar-refractivity contribution in [2.75, 3.05) is 0 Å². The highest BCUT2D eigenvalue weighted by atomic mass is 32.2. The van der Waals surface area contributed by atoms with Crippen LogP contribution in [0.2, 0.25) is 0 Å². The first-order chi connectivity index (χ1) is 9.46. The molecule has 8 heteroatoms. The van der Waals surface area contributed by atoms with Crippen LogP contribution in [0.25, 0.3) is 0 Å². The number of H-pyrrole nitrogens is 1. The third kappa shape index (κ3) is 3.09. The molecule has 110 valence electrons. The van der Waals surface area contributed by atoms with E-state index in [2.05, 4.69) is 14.8 Å². The third-order valence-electron chi connectivity index (χ3n) is 2.98. The fourth-order valence-electron chi connectivity index (χ4n) is 1.95.